The number of benzene rings is 1. The van der Waals surface area contributed by atoms with Crippen molar-refractivity contribution in [2.45, 2.75) is 165 Å². The van der Waals surface area contributed by atoms with Gasteiger partial charge in [-0.15, -0.1) is 0 Å². The molecule has 6 fully saturated rings. The van der Waals surface area contributed by atoms with Gasteiger partial charge in [-0.2, -0.15) is 0 Å². The number of rotatable bonds is 6. The molecule has 5 heterocycles. The molecule has 16 atom stereocenters. The van der Waals surface area contributed by atoms with Crippen molar-refractivity contribution in [3.63, 3.8) is 0 Å². The van der Waals surface area contributed by atoms with Crippen molar-refractivity contribution in [2.24, 2.45) is 57.2 Å². The standard InChI is InChI=1S/C51H71NO9S2/c1-29(2)30(3)43-44(61-43)50(59)15-7-9-32-23-36-37-25-42(57)48(27-39(56)38(55)26-46(36,48)4)28-62-63-40(11-8-20-53)35-10-5-6-14-47(35)18-19-52(45(47)58)33-21-31(22-34(54)24-33)12-16-49(32)41(50)13-17-51(37,49)60/h7,9,21-22,24-25,29-30,32,35-36,38-41,43-44,53-56,59-60H,5-6,8,10-20,23,26-28H2,1-4H3. The van der Waals surface area contributed by atoms with Crippen LogP contribution in [0.4, 0.5) is 5.69 Å². The number of fused-ring (bicyclic) bond motifs is 1. The maximum absolute atomic E-state index is 15.5. The van der Waals surface area contributed by atoms with E-state index < -0.39 is 51.2 Å². The molecule has 2 saturated heterocycles. The van der Waals surface area contributed by atoms with E-state index in [1.807, 2.05) is 4.90 Å². The number of aliphatic hydroxyl groups is 5. The van der Waals surface area contributed by atoms with Gasteiger partial charge in [-0.05, 0) is 148 Å². The van der Waals surface area contributed by atoms with E-state index in [1.165, 1.54) is 0 Å². The van der Waals surface area contributed by atoms with E-state index >= 15 is 9.59 Å². The molecule has 1 aromatic rings. The van der Waals surface area contributed by atoms with E-state index in [1.54, 1.807) is 39.8 Å². The number of phenolic OH excluding ortho intramolecular Hbond substituents is 1. The van der Waals surface area contributed by atoms with Crippen LogP contribution >= 0.6 is 21.6 Å². The number of hydrogen-bond acceptors (Lipinski definition) is 11. The number of nitrogens with zero attached hydrogens (tertiary/aromatic N) is 1. The second-order valence-corrected chi connectivity index (χ2v) is 25.1. The molecule has 16 unspecified atom stereocenters. The second-order valence-electron chi connectivity index (χ2n) is 22.5. The molecule has 63 heavy (non-hydrogen) atoms. The summed E-state index contributed by atoms with van der Waals surface area (Å²) in [5.74, 6) is 0.344. The molecule has 12 rings (SSSR count). The van der Waals surface area contributed by atoms with E-state index in [-0.39, 0.29) is 77.8 Å². The fourth-order valence-corrected chi connectivity index (χ4v) is 19.8. The predicted molar refractivity (Wildman–Crippen MR) is 246 cm³/mol. The van der Waals surface area contributed by atoms with Crippen LogP contribution in [0.15, 0.2) is 42.0 Å². The molecule has 1 aromatic carbocycles. The summed E-state index contributed by atoms with van der Waals surface area (Å²) in [7, 11) is 3.39. The third kappa shape index (κ3) is 6.40. The van der Waals surface area contributed by atoms with Crippen molar-refractivity contribution in [2.75, 3.05) is 23.8 Å². The van der Waals surface area contributed by atoms with E-state index in [0.717, 1.165) is 43.2 Å². The van der Waals surface area contributed by atoms with Crippen LogP contribution < -0.4 is 4.90 Å². The van der Waals surface area contributed by atoms with Gasteiger partial charge in [0.1, 0.15) is 17.5 Å². The molecule has 6 aliphatic carbocycles. The smallest absolute Gasteiger partial charge is 0.233 e. The summed E-state index contributed by atoms with van der Waals surface area (Å²) in [4.78, 5) is 32.5. The summed E-state index contributed by atoms with van der Waals surface area (Å²) in [6.45, 7) is 9.31. The highest BCUT2D eigenvalue weighted by Gasteiger charge is 2.77. The number of aryl methyl sites for hydroxylation is 1. The van der Waals surface area contributed by atoms with E-state index in [0.29, 0.717) is 75.3 Å². The molecule has 12 heteroatoms. The Morgan fingerprint density at radius 3 is 2.56 bits per heavy atom. The normalized spacial score (nSPS) is 47.2. The van der Waals surface area contributed by atoms with Gasteiger partial charge in [0.15, 0.2) is 5.78 Å². The highest BCUT2D eigenvalue weighted by atomic mass is 33.1. The zero-order valence-electron chi connectivity index (χ0n) is 37.7. The maximum Gasteiger partial charge on any atom is 0.233 e. The lowest BCUT2D eigenvalue weighted by atomic mass is 9.39. The summed E-state index contributed by atoms with van der Waals surface area (Å²) in [6.07, 6.45) is 12.5. The van der Waals surface area contributed by atoms with Gasteiger partial charge in [0.2, 0.25) is 5.91 Å². The Labute approximate surface area is 381 Å². The van der Waals surface area contributed by atoms with Gasteiger partial charge in [0.05, 0.1) is 34.7 Å². The summed E-state index contributed by atoms with van der Waals surface area (Å²) in [6, 6.07) is 5.55. The van der Waals surface area contributed by atoms with Gasteiger partial charge in [-0.3, -0.25) is 9.59 Å². The summed E-state index contributed by atoms with van der Waals surface area (Å²) in [5.41, 5.74) is -3.76. The van der Waals surface area contributed by atoms with Gasteiger partial charge in [0.25, 0.3) is 0 Å². The lowest BCUT2D eigenvalue weighted by molar-refractivity contribution is -0.194. The number of allylic oxidation sites excluding steroid dienone is 2. The van der Waals surface area contributed by atoms with Crippen molar-refractivity contribution in [1.82, 2.24) is 0 Å². The third-order valence-electron chi connectivity index (χ3n) is 19.7. The van der Waals surface area contributed by atoms with Crippen LogP contribution in [0.5, 0.6) is 5.75 Å². The Morgan fingerprint density at radius 2 is 1.78 bits per heavy atom. The molecule has 1 amide bonds. The number of ether oxygens (including phenoxy) is 1. The molecule has 10 nitrogen and oxygen atoms in total. The summed E-state index contributed by atoms with van der Waals surface area (Å²) >= 11 is 0. The first-order valence-electron chi connectivity index (χ1n) is 24.4. The Hall–Kier alpha value is -1.90. The fourth-order valence-electron chi connectivity index (χ4n) is 16.0. The highest BCUT2D eigenvalue weighted by Crippen LogP contribution is 2.75. The van der Waals surface area contributed by atoms with Crippen molar-refractivity contribution in [1.29, 1.82) is 0 Å². The van der Waals surface area contributed by atoms with Crippen LogP contribution in [0.1, 0.15) is 123 Å². The molecule has 8 bridgehead atoms. The number of aliphatic hydroxyl groups excluding tert-OH is 3. The van der Waals surface area contributed by atoms with Crippen molar-refractivity contribution in [3.8, 4) is 5.75 Å². The van der Waals surface area contributed by atoms with Crippen LogP contribution in [0, 0.1) is 57.2 Å². The molecule has 0 aromatic heterocycles. The Morgan fingerprint density at radius 1 is 0.984 bits per heavy atom. The molecule has 11 aliphatic rings. The lowest BCUT2D eigenvalue weighted by Crippen LogP contribution is -2.68. The quantitative estimate of drug-likeness (QED) is 0.0962. The first-order valence-corrected chi connectivity index (χ1v) is 26.8. The number of anilines is 1. The van der Waals surface area contributed by atoms with Crippen LogP contribution in [-0.4, -0.2) is 102 Å². The average Bonchev–Trinajstić information content (AvgIpc) is 3.93. The number of carbonyl (C=O) groups is 2. The molecule has 4 saturated carbocycles. The van der Waals surface area contributed by atoms with Crippen LogP contribution in [0.25, 0.3) is 0 Å². The number of carbonyl (C=O) groups excluding carboxylic acids is 2. The average molecular weight is 906 g/mol. The molecule has 346 valence electrons. The van der Waals surface area contributed by atoms with E-state index in [2.05, 4.69) is 45.9 Å². The highest BCUT2D eigenvalue weighted by molar-refractivity contribution is 8.77. The SMILES string of the molecule is CC(C)C(C)C1OC1C1(O)CC=CC2CC3C4=CC(=O)C5(CSSC(CCCO)C6CCCCC67CCN(C7=O)c6cc(O)cc(c6)CCC26C1CCC46O)CC(O)C(O)CC35C. The second kappa shape index (κ2) is 15.8. The maximum atomic E-state index is 15.5. The number of hydrogen-bond donors (Lipinski definition) is 6. The van der Waals surface area contributed by atoms with Gasteiger partial charge in [0, 0.05) is 47.2 Å². The van der Waals surface area contributed by atoms with E-state index in [4.69, 9.17) is 4.74 Å². The summed E-state index contributed by atoms with van der Waals surface area (Å²) < 4.78 is 6.50. The van der Waals surface area contributed by atoms with E-state index in [9.17, 15) is 30.6 Å². The predicted octanol–water partition coefficient (Wildman–Crippen LogP) is 7.31. The van der Waals surface area contributed by atoms with Crippen molar-refractivity contribution in [3.05, 3.63) is 47.6 Å². The van der Waals surface area contributed by atoms with Gasteiger partial charge in [-0.25, -0.2) is 0 Å². The van der Waals surface area contributed by atoms with Gasteiger partial charge >= 0.3 is 0 Å². The number of amides is 1. The molecule has 0 radical (unpaired) electrons. The first-order chi connectivity index (χ1) is 30.0. The fraction of sp³-hybridized carbons (Fsp3) is 0.765. The van der Waals surface area contributed by atoms with Crippen LogP contribution in [0.2, 0.25) is 0 Å². The van der Waals surface area contributed by atoms with Gasteiger partial charge in [-0.1, -0.05) is 74.3 Å². The Bertz CT molecular complexity index is 2060. The minimum absolute atomic E-state index is 0.0413. The largest absolute Gasteiger partial charge is 0.508 e. The molecular formula is C51H71NO9S2. The Balaban J connectivity index is 1.15. The number of epoxide rings is 1. The number of aromatic hydroxyl groups is 1. The third-order valence-corrected chi connectivity index (χ3v) is 22.8. The van der Waals surface area contributed by atoms with Crippen LogP contribution in [-0.2, 0) is 20.7 Å². The minimum atomic E-state index is -1.47. The van der Waals surface area contributed by atoms with Crippen molar-refractivity contribution < 1.29 is 45.0 Å². The molecule has 3 spiro atoms. The minimum Gasteiger partial charge on any atom is -0.508 e. The summed E-state index contributed by atoms with van der Waals surface area (Å²) in [5, 5.41) is 72.0. The lowest BCUT2D eigenvalue weighted by Gasteiger charge is -2.66. The number of phenols is 1. The Kier molecular flexibility index (Phi) is 11.3. The topological polar surface area (TPSA) is 171 Å². The monoisotopic (exact) mass is 905 g/mol. The zero-order valence-corrected chi connectivity index (χ0v) is 39.3. The zero-order chi connectivity index (χ0) is 44.5. The van der Waals surface area contributed by atoms with Crippen LogP contribution in [0.3, 0.4) is 0 Å². The molecule has 6 N–H and O–H groups in total. The first kappa shape index (κ1) is 44.9. The molecular weight excluding hydrogens is 835 g/mol. The van der Waals surface area contributed by atoms with Gasteiger partial charge < -0.3 is 40.3 Å². The molecule has 5 aliphatic heterocycles. The van der Waals surface area contributed by atoms with Crippen molar-refractivity contribution >= 4 is 39.0 Å². The number of ketones is 1.